The molecule has 0 radical (unpaired) electrons. The molecule has 2 N–H and O–H groups in total. The molecule has 0 heterocycles. The van der Waals surface area contributed by atoms with Crippen LogP contribution in [0.3, 0.4) is 0 Å². The number of hydrogen-bond acceptors (Lipinski definition) is 4. The standard InChI is InChI=1S/C12H17N3O2/c1-9-4-5-11(17-3)8-12(9)15(10(2)16)14-7-6-13/h4-6,8,13-14H,7H2,1-3H3. The first-order valence-corrected chi connectivity index (χ1v) is 5.28. The fourth-order valence-electron chi connectivity index (χ4n) is 1.46. The molecule has 5 heteroatoms. The summed E-state index contributed by atoms with van der Waals surface area (Å²) in [7, 11) is 1.58. The van der Waals surface area contributed by atoms with Gasteiger partial charge in [-0.15, -0.1) is 0 Å². The van der Waals surface area contributed by atoms with E-state index in [1.54, 1.807) is 13.2 Å². The van der Waals surface area contributed by atoms with Crippen molar-refractivity contribution in [2.75, 3.05) is 18.7 Å². The van der Waals surface area contributed by atoms with E-state index in [4.69, 9.17) is 10.1 Å². The van der Waals surface area contributed by atoms with E-state index in [1.165, 1.54) is 18.1 Å². The monoisotopic (exact) mass is 235 g/mol. The second kappa shape index (κ2) is 6.00. The quantitative estimate of drug-likeness (QED) is 0.600. The predicted molar refractivity (Wildman–Crippen MR) is 67.7 cm³/mol. The van der Waals surface area contributed by atoms with Gasteiger partial charge in [-0.25, -0.2) is 10.4 Å². The molecule has 92 valence electrons. The number of nitrogens with one attached hydrogen (secondary N) is 2. The number of amides is 1. The van der Waals surface area contributed by atoms with Crippen LogP contribution in [-0.4, -0.2) is 25.8 Å². The second-order valence-corrected chi connectivity index (χ2v) is 3.57. The SMILES string of the molecule is COc1ccc(C)c(N(NCC=N)C(C)=O)c1. The van der Waals surface area contributed by atoms with E-state index in [1.807, 2.05) is 19.1 Å². The summed E-state index contributed by atoms with van der Waals surface area (Å²) in [6, 6.07) is 5.51. The zero-order valence-electron chi connectivity index (χ0n) is 10.3. The fourth-order valence-corrected chi connectivity index (χ4v) is 1.46. The van der Waals surface area contributed by atoms with E-state index in [2.05, 4.69) is 5.43 Å². The van der Waals surface area contributed by atoms with Gasteiger partial charge in [-0.1, -0.05) is 6.07 Å². The Hall–Kier alpha value is -1.88. The zero-order chi connectivity index (χ0) is 12.8. The van der Waals surface area contributed by atoms with E-state index < -0.39 is 0 Å². The summed E-state index contributed by atoms with van der Waals surface area (Å²) < 4.78 is 5.13. The number of methoxy groups -OCH3 is 1. The molecule has 0 spiro atoms. The zero-order valence-corrected chi connectivity index (χ0v) is 10.3. The Morgan fingerprint density at radius 2 is 2.29 bits per heavy atom. The molecule has 1 aromatic rings. The minimum absolute atomic E-state index is 0.136. The summed E-state index contributed by atoms with van der Waals surface area (Å²) in [6.45, 7) is 3.68. The van der Waals surface area contributed by atoms with Crippen molar-refractivity contribution in [3.63, 3.8) is 0 Å². The highest BCUT2D eigenvalue weighted by atomic mass is 16.5. The molecule has 0 atom stereocenters. The number of anilines is 1. The van der Waals surface area contributed by atoms with Crippen LogP contribution in [0.25, 0.3) is 0 Å². The Morgan fingerprint density at radius 1 is 1.59 bits per heavy atom. The molecule has 0 aliphatic rings. The minimum atomic E-state index is -0.136. The topological polar surface area (TPSA) is 65.4 Å². The maximum Gasteiger partial charge on any atom is 0.238 e. The van der Waals surface area contributed by atoms with E-state index in [0.717, 1.165) is 11.3 Å². The fraction of sp³-hybridized carbons (Fsp3) is 0.333. The lowest BCUT2D eigenvalue weighted by Gasteiger charge is -2.23. The van der Waals surface area contributed by atoms with Gasteiger partial charge in [-0.2, -0.15) is 0 Å². The van der Waals surface area contributed by atoms with Crippen molar-refractivity contribution in [1.29, 1.82) is 5.41 Å². The van der Waals surface area contributed by atoms with Gasteiger partial charge in [0.25, 0.3) is 0 Å². The van der Waals surface area contributed by atoms with Crippen molar-refractivity contribution in [2.24, 2.45) is 0 Å². The largest absolute Gasteiger partial charge is 0.497 e. The first-order valence-electron chi connectivity index (χ1n) is 5.28. The minimum Gasteiger partial charge on any atom is -0.497 e. The number of aryl methyl sites for hydroxylation is 1. The summed E-state index contributed by atoms with van der Waals surface area (Å²) in [4.78, 5) is 11.5. The summed E-state index contributed by atoms with van der Waals surface area (Å²) in [5.41, 5.74) is 4.55. The van der Waals surface area contributed by atoms with Gasteiger partial charge < -0.3 is 10.1 Å². The molecule has 0 aliphatic carbocycles. The van der Waals surface area contributed by atoms with Crippen molar-refractivity contribution >= 4 is 17.8 Å². The van der Waals surface area contributed by atoms with Gasteiger partial charge in [0.2, 0.25) is 5.91 Å². The third-order valence-electron chi connectivity index (χ3n) is 2.32. The Morgan fingerprint density at radius 3 is 2.82 bits per heavy atom. The van der Waals surface area contributed by atoms with Gasteiger partial charge in [0.05, 0.1) is 19.3 Å². The molecule has 1 aromatic carbocycles. The first-order chi connectivity index (χ1) is 8.10. The number of nitrogens with zero attached hydrogens (tertiary/aromatic N) is 1. The van der Waals surface area contributed by atoms with Crippen LogP contribution in [0, 0.1) is 12.3 Å². The van der Waals surface area contributed by atoms with Crippen molar-refractivity contribution < 1.29 is 9.53 Å². The van der Waals surface area contributed by atoms with Crippen LogP contribution in [0.1, 0.15) is 12.5 Å². The summed E-state index contributed by atoms with van der Waals surface area (Å²) in [5, 5.41) is 8.40. The Kier molecular flexibility index (Phi) is 4.66. The number of carbonyl (C=O) groups excluding carboxylic acids is 1. The molecule has 0 saturated heterocycles. The lowest BCUT2D eigenvalue weighted by Crippen LogP contribution is -2.43. The van der Waals surface area contributed by atoms with E-state index in [-0.39, 0.29) is 5.91 Å². The van der Waals surface area contributed by atoms with Gasteiger partial charge in [0.1, 0.15) is 5.75 Å². The molecule has 0 unspecified atom stereocenters. The molecular formula is C12H17N3O2. The normalized spacial score (nSPS) is 9.82. The van der Waals surface area contributed by atoms with Crippen LogP contribution in [-0.2, 0) is 4.79 Å². The number of carbonyl (C=O) groups is 1. The van der Waals surface area contributed by atoms with Crippen LogP contribution in [0.15, 0.2) is 18.2 Å². The molecule has 0 bridgehead atoms. The molecule has 0 aliphatic heterocycles. The number of rotatable bonds is 5. The third-order valence-corrected chi connectivity index (χ3v) is 2.32. The van der Waals surface area contributed by atoms with Gasteiger partial charge in [-0.3, -0.25) is 4.79 Å². The molecule has 5 nitrogen and oxygen atoms in total. The third kappa shape index (κ3) is 3.29. The average Bonchev–Trinajstić information content (AvgIpc) is 2.31. The molecule has 0 aromatic heterocycles. The summed E-state index contributed by atoms with van der Waals surface area (Å²) in [5.74, 6) is 0.553. The Labute approximate surface area is 101 Å². The summed E-state index contributed by atoms with van der Waals surface area (Å²) >= 11 is 0. The van der Waals surface area contributed by atoms with Crippen molar-refractivity contribution in [3.8, 4) is 5.75 Å². The maximum atomic E-state index is 11.5. The molecular weight excluding hydrogens is 218 g/mol. The van der Waals surface area contributed by atoms with Gasteiger partial charge >= 0.3 is 0 Å². The molecule has 17 heavy (non-hydrogen) atoms. The van der Waals surface area contributed by atoms with Crippen LogP contribution >= 0.6 is 0 Å². The van der Waals surface area contributed by atoms with E-state index in [0.29, 0.717) is 12.3 Å². The predicted octanol–water partition coefficient (Wildman–Crippen LogP) is 1.51. The highest BCUT2D eigenvalue weighted by molar-refractivity contribution is 5.91. The van der Waals surface area contributed by atoms with Gasteiger partial charge in [-0.05, 0) is 18.6 Å². The highest BCUT2D eigenvalue weighted by Crippen LogP contribution is 2.24. The molecule has 1 rings (SSSR count). The lowest BCUT2D eigenvalue weighted by atomic mass is 10.2. The van der Waals surface area contributed by atoms with Crippen LogP contribution in [0.5, 0.6) is 5.75 Å². The number of ether oxygens (including phenoxy) is 1. The van der Waals surface area contributed by atoms with Crippen molar-refractivity contribution in [2.45, 2.75) is 13.8 Å². The first kappa shape index (κ1) is 13.2. The Balaban J connectivity index is 3.07. The van der Waals surface area contributed by atoms with Gasteiger partial charge in [0, 0.05) is 19.2 Å². The maximum absolute atomic E-state index is 11.5. The van der Waals surface area contributed by atoms with Crippen LogP contribution < -0.4 is 15.2 Å². The number of hydrogen-bond donors (Lipinski definition) is 2. The molecule has 1 amide bonds. The van der Waals surface area contributed by atoms with Crippen molar-refractivity contribution in [3.05, 3.63) is 23.8 Å². The smallest absolute Gasteiger partial charge is 0.238 e. The lowest BCUT2D eigenvalue weighted by molar-refractivity contribution is -0.117. The average molecular weight is 235 g/mol. The van der Waals surface area contributed by atoms with Crippen molar-refractivity contribution in [1.82, 2.24) is 5.43 Å². The van der Waals surface area contributed by atoms with Gasteiger partial charge in [0.15, 0.2) is 0 Å². The highest BCUT2D eigenvalue weighted by Gasteiger charge is 2.13. The molecule has 0 fully saturated rings. The number of benzene rings is 1. The molecule has 0 saturated carbocycles. The van der Waals surface area contributed by atoms with E-state index >= 15 is 0 Å². The van der Waals surface area contributed by atoms with Crippen LogP contribution in [0.2, 0.25) is 0 Å². The number of hydrazine groups is 1. The van der Waals surface area contributed by atoms with Crippen LogP contribution in [0.4, 0.5) is 5.69 Å². The summed E-state index contributed by atoms with van der Waals surface area (Å²) in [6.07, 6.45) is 1.20. The Bertz CT molecular complexity index is 418. The second-order valence-electron chi connectivity index (χ2n) is 3.57. The van der Waals surface area contributed by atoms with E-state index in [9.17, 15) is 4.79 Å².